The number of thiophene rings is 1. The molecule has 2 aromatic carbocycles. The number of rotatable bonds is 9. The molecule has 0 unspecified atom stereocenters. The van der Waals surface area contributed by atoms with Crippen LogP contribution < -0.4 is 0 Å². The first-order chi connectivity index (χ1) is 15.0. The van der Waals surface area contributed by atoms with Crippen LogP contribution in [0.1, 0.15) is 39.7 Å². The van der Waals surface area contributed by atoms with Gasteiger partial charge in [0, 0.05) is 23.5 Å². The molecule has 0 aliphatic rings. The Bertz CT molecular complexity index is 1020. The lowest BCUT2D eigenvalue weighted by Gasteiger charge is -2.28. The average Bonchev–Trinajstić information content (AvgIpc) is 3.17. The summed E-state index contributed by atoms with van der Waals surface area (Å²) in [7, 11) is 0. The van der Waals surface area contributed by atoms with Crippen LogP contribution in [0.15, 0.2) is 66.0 Å². The van der Waals surface area contributed by atoms with Crippen molar-refractivity contribution in [3.05, 3.63) is 93.4 Å². The first kappa shape index (κ1) is 22.7. The Morgan fingerprint density at radius 1 is 0.968 bits per heavy atom. The van der Waals surface area contributed by atoms with Crippen molar-refractivity contribution in [2.45, 2.75) is 33.4 Å². The molecule has 0 atom stereocenters. The lowest BCUT2D eigenvalue weighted by molar-refractivity contribution is -0.133. The molecule has 0 N–H and O–H groups in total. The van der Waals surface area contributed by atoms with E-state index in [9.17, 15) is 14.0 Å². The van der Waals surface area contributed by atoms with Gasteiger partial charge in [-0.15, -0.1) is 11.3 Å². The molecule has 1 aromatic heterocycles. The van der Waals surface area contributed by atoms with Crippen molar-refractivity contribution in [3.8, 4) is 0 Å². The second kappa shape index (κ2) is 10.9. The van der Waals surface area contributed by atoms with Crippen molar-refractivity contribution in [1.82, 2.24) is 9.80 Å². The topological polar surface area (TPSA) is 40.6 Å². The van der Waals surface area contributed by atoms with Gasteiger partial charge in [-0.3, -0.25) is 9.59 Å². The fourth-order valence-electron chi connectivity index (χ4n) is 3.37. The third kappa shape index (κ3) is 6.25. The maximum atomic E-state index is 13.6. The number of hydrogen-bond acceptors (Lipinski definition) is 3. The van der Waals surface area contributed by atoms with Crippen LogP contribution in [0.2, 0.25) is 0 Å². The van der Waals surface area contributed by atoms with E-state index < -0.39 is 5.82 Å². The van der Waals surface area contributed by atoms with Gasteiger partial charge in [0.2, 0.25) is 5.91 Å². The van der Waals surface area contributed by atoms with Crippen molar-refractivity contribution in [1.29, 1.82) is 0 Å². The van der Waals surface area contributed by atoms with E-state index in [0.29, 0.717) is 26.1 Å². The van der Waals surface area contributed by atoms with Crippen LogP contribution in [0.3, 0.4) is 0 Å². The molecule has 0 spiro atoms. The highest BCUT2D eigenvalue weighted by Crippen LogP contribution is 2.20. The summed E-state index contributed by atoms with van der Waals surface area (Å²) < 4.78 is 13.6. The van der Waals surface area contributed by atoms with Gasteiger partial charge in [-0.25, -0.2) is 4.39 Å². The highest BCUT2D eigenvalue weighted by Gasteiger charge is 2.23. The van der Waals surface area contributed by atoms with E-state index >= 15 is 0 Å². The fourth-order valence-corrected chi connectivity index (χ4v) is 4.29. The average molecular weight is 439 g/mol. The SMILES string of the molecule is CCCN(CC(=O)N(Cc1ccccc1)Cc1sccc1C)C(=O)c1cccc(F)c1. The molecule has 2 amide bonds. The summed E-state index contributed by atoms with van der Waals surface area (Å²) in [6, 6.07) is 17.5. The maximum absolute atomic E-state index is 13.6. The molecule has 31 heavy (non-hydrogen) atoms. The number of carbonyl (C=O) groups excluding carboxylic acids is 2. The normalized spacial score (nSPS) is 10.7. The number of hydrogen-bond donors (Lipinski definition) is 0. The summed E-state index contributed by atoms with van der Waals surface area (Å²) in [5.41, 5.74) is 2.44. The van der Waals surface area contributed by atoms with Gasteiger partial charge in [0.25, 0.3) is 5.91 Å². The van der Waals surface area contributed by atoms with Crippen molar-refractivity contribution in [2.75, 3.05) is 13.1 Å². The number of carbonyl (C=O) groups is 2. The van der Waals surface area contributed by atoms with Crippen LogP contribution >= 0.6 is 11.3 Å². The molecule has 0 bridgehead atoms. The Balaban J connectivity index is 1.80. The first-order valence-corrected chi connectivity index (χ1v) is 11.3. The van der Waals surface area contributed by atoms with Gasteiger partial charge in [0.15, 0.2) is 0 Å². The van der Waals surface area contributed by atoms with Crippen LogP contribution in [0.4, 0.5) is 4.39 Å². The molecular formula is C25H27FN2O2S. The predicted octanol–water partition coefficient (Wildman–Crippen LogP) is 5.28. The zero-order valence-electron chi connectivity index (χ0n) is 17.9. The smallest absolute Gasteiger partial charge is 0.254 e. The third-order valence-electron chi connectivity index (χ3n) is 5.05. The van der Waals surface area contributed by atoms with Gasteiger partial charge in [-0.1, -0.05) is 43.3 Å². The van der Waals surface area contributed by atoms with Crippen LogP contribution in [0, 0.1) is 12.7 Å². The van der Waals surface area contributed by atoms with E-state index in [-0.39, 0.29) is 23.9 Å². The van der Waals surface area contributed by atoms with Gasteiger partial charge in [-0.05, 0) is 54.1 Å². The number of nitrogens with zero attached hydrogens (tertiary/aromatic N) is 2. The molecule has 0 radical (unpaired) electrons. The minimum Gasteiger partial charge on any atom is -0.332 e. The Hall–Kier alpha value is -2.99. The summed E-state index contributed by atoms with van der Waals surface area (Å²) in [5.74, 6) is -0.927. The van der Waals surface area contributed by atoms with Gasteiger partial charge in [-0.2, -0.15) is 0 Å². The van der Waals surface area contributed by atoms with E-state index in [0.717, 1.165) is 16.0 Å². The van der Waals surface area contributed by atoms with E-state index in [1.165, 1.54) is 23.1 Å². The Kier molecular flexibility index (Phi) is 7.95. The predicted molar refractivity (Wildman–Crippen MR) is 122 cm³/mol. The second-order valence-electron chi connectivity index (χ2n) is 7.50. The van der Waals surface area contributed by atoms with Crippen LogP contribution in [-0.4, -0.2) is 34.7 Å². The van der Waals surface area contributed by atoms with Gasteiger partial charge in [0.1, 0.15) is 12.4 Å². The summed E-state index contributed by atoms with van der Waals surface area (Å²) in [5, 5.41) is 2.02. The maximum Gasteiger partial charge on any atom is 0.254 e. The molecule has 3 rings (SSSR count). The molecule has 3 aromatic rings. The second-order valence-corrected chi connectivity index (χ2v) is 8.50. The van der Waals surface area contributed by atoms with E-state index in [2.05, 4.69) is 0 Å². The monoisotopic (exact) mass is 438 g/mol. The lowest BCUT2D eigenvalue weighted by Crippen LogP contribution is -2.42. The molecule has 0 saturated heterocycles. The molecule has 0 saturated carbocycles. The standard InChI is InChI=1S/C25H27FN2O2S/c1-3-13-27(25(30)21-10-7-11-22(26)15-21)18-24(29)28(16-20-8-5-4-6-9-20)17-23-19(2)12-14-31-23/h4-12,14-15H,3,13,16-18H2,1-2H3. The summed E-state index contributed by atoms with van der Waals surface area (Å²) >= 11 is 1.62. The first-order valence-electron chi connectivity index (χ1n) is 10.4. The molecule has 0 aliphatic heterocycles. The lowest BCUT2D eigenvalue weighted by atomic mass is 10.1. The number of aryl methyl sites for hydroxylation is 1. The Labute approximate surface area is 186 Å². The van der Waals surface area contributed by atoms with Crippen LogP contribution in [0.25, 0.3) is 0 Å². The van der Waals surface area contributed by atoms with Crippen molar-refractivity contribution in [3.63, 3.8) is 0 Å². The van der Waals surface area contributed by atoms with E-state index in [1.807, 2.05) is 55.6 Å². The Morgan fingerprint density at radius 2 is 1.74 bits per heavy atom. The number of halogens is 1. The fraction of sp³-hybridized carbons (Fsp3) is 0.280. The minimum absolute atomic E-state index is 0.0412. The molecule has 0 aliphatic carbocycles. The van der Waals surface area contributed by atoms with Crippen molar-refractivity contribution >= 4 is 23.2 Å². The summed E-state index contributed by atoms with van der Waals surface area (Å²) in [6.45, 7) is 5.33. The molecule has 162 valence electrons. The highest BCUT2D eigenvalue weighted by molar-refractivity contribution is 7.10. The third-order valence-corrected chi connectivity index (χ3v) is 6.06. The van der Waals surface area contributed by atoms with Crippen molar-refractivity contribution in [2.24, 2.45) is 0 Å². The number of benzene rings is 2. The van der Waals surface area contributed by atoms with E-state index in [1.54, 1.807) is 22.3 Å². The summed E-state index contributed by atoms with van der Waals surface area (Å²) in [4.78, 5) is 30.7. The zero-order valence-corrected chi connectivity index (χ0v) is 18.7. The minimum atomic E-state index is -0.465. The van der Waals surface area contributed by atoms with Gasteiger partial charge < -0.3 is 9.80 Å². The highest BCUT2D eigenvalue weighted by atomic mass is 32.1. The molecule has 4 nitrogen and oxygen atoms in total. The molecule has 1 heterocycles. The van der Waals surface area contributed by atoms with Crippen molar-refractivity contribution < 1.29 is 14.0 Å². The number of amides is 2. The Morgan fingerprint density at radius 3 is 2.39 bits per heavy atom. The van der Waals surface area contributed by atoms with Crippen LogP contribution in [-0.2, 0) is 17.9 Å². The quantitative estimate of drug-likeness (QED) is 0.456. The van der Waals surface area contributed by atoms with Gasteiger partial charge >= 0.3 is 0 Å². The van der Waals surface area contributed by atoms with E-state index in [4.69, 9.17) is 0 Å². The largest absolute Gasteiger partial charge is 0.332 e. The summed E-state index contributed by atoms with van der Waals surface area (Å²) in [6.07, 6.45) is 0.705. The molecule has 0 fully saturated rings. The zero-order chi connectivity index (χ0) is 22.2. The van der Waals surface area contributed by atoms with Crippen LogP contribution in [0.5, 0.6) is 0 Å². The molecule has 6 heteroatoms. The van der Waals surface area contributed by atoms with Gasteiger partial charge in [0.05, 0.1) is 6.54 Å². The molecular weight excluding hydrogens is 411 g/mol.